The Morgan fingerprint density at radius 3 is 2.64 bits per heavy atom. The molecule has 3 heterocycles. The summed E-state index contributed by atoms with van der Waals surface area (Å²) in [5, 5.41) is 24.9. The molecule has 4 aromatic rings. The van der Waals surface area contributed by atoms with Crippen molar-refractivity contribution in [2.24, 2.45) is 4.99 Å². The van der Waals surface area contributed by atoms with Gasteiger partial charge >= 0.3 is 0 Å². The van der Waals surface area contributed by atoms with Crippen LogP contribution in [0.1, 0.15) is 5.56 Å². The lowest BCUT2D eigenvalue weighted by Crippen LogP contribution is -2.20. The summed E-state index contributed by atoms with van der Waals surface area (Å²) in [5.74, 6) is 0.152. The van der Waals surface area contributed by atoms with Crippen molar-refractivity contribution in [1.82, 2.24) is 30.2 Å². The summed E-state index contributed by atoms with van der Waals surface area (Å²) in [6.45, 7) is 0. The predicted octanol–water partition coefficient (Wildman–Crippen LogP) is 1.35. The normalized spacial score (nSPS) is 11.4. The van der Waals surface area contributed by atoms with Crippen molar-refractivity contribution in [1.29, 1.82) is 0 Å². The predicted molar refractivity (Wildman–Crippen MR) is 90.4 cm³/mol. The van der Waals surface area contributed by atoms with Gasteiger partial charge in [-0.15, -0.1) is 5.10 Å². The third-order valence-corrected chi connectivity index (χ3v) is 3.63. The highest BCUT2D eigenvalue weighted by atomic mass is 16.3. The minimum Gasteiger partial charge on any atom is -0.494 e. The summed E-state index contributed by atoms with van der Waals surface area (Å²) < 4.78 is 1.14. The van der Waals surface area contributed by atoms with Gasteiger partial charge < -0.3 is 5.11 Å². The third kappa shape index (κ3) is 2.53. The maximum Gasteiger partial charge on any atom is 0.288 e. The molecule has 25 heavy (non-hydrogen) atoms. The van der Waals surface area contributed by atoms with Crippen LogP contribution in [0.15, 0.2) is 58.4 Å². The Bertz CT molecular complexity index is 1120. The molecular weight excluding hydrogens is 322 g/mol. The van der Waals surface area contributed by atoms with Gasteiger partial charge in [-0.25, -0.2) is 14.5 Å². The second-order valence-corrected chi connectivity index (χ2v) is 5.08. The Hall–Kier alpha value is -3.88. The van der Waals surface area contributed by atoms with Gasteiger partial charge in [-0.2, -0.15) is 5.21 Å². The summed E-state index contributed by atoms with van der Waals surface area (Å²) in [6.07, 6.45) is 2.94. The van der Waals surface area contributed by atoms with E-state index in [2.05, 4.69) is 30.6 Å². The van der Waals surface area contributed by atoms with Gasteiger partial charge in [0.05, 0.1) is 5.56 Å². The number of aliphatic imine (C=N–C) groups is 1. The fraction of sp³-hybridized carbons (Fsp3) is 0. The second kappa shape index (κ2) is 5.96. The number of benzene rings is 1. The van der Waals surface area contributed by atoms with Crippen LogP contribution < -0.4 is 5.56 Å². The molecular formula is C16H11N7O2. The molecule has 0 aliphatic heterocycles. The molecule has 2 N–H and O–H groups in total. The number of aromatic hydroxyl groups is 1. The monoisotopic (exact) mass is 333 g/mol. The number of hydrogen-bond donors (Lipinski definition) is 2. The maximum atomic E-state index is 12.8. The lowest BCUT2D eigenvalue weighted by molar-refractivity contribution is 0.435. The Morgan fingerprint density at radius 2 is 1.92 bits per heavy atom. The topological polar surface area (TPSA) is 122 Å². The van der Waals surface area contributed by atoms with Gasteiger partial charge in [0.25, 0.3) is 11.5 Å². The van der Waals surface area contributed by atoms with Crippen LogP contribution in [0.3, 0.4) is 0 Å². The average molecular weight is 333 g/mol. The number of aromatic amines is 1. The van der Waals surface area contributed by atoms with E-state index in [1.165, 1.54) is 6.21 Å². The van der Waals surface area contributed by atoms with Crippen molar-refractivity contribution < 1.29 is 5.11 Å². The number of tetrazole rings is 1. The van der Waals surface area contributed by atoms with Gasteiger partial charge in [0, 0.05) is 23.2 Å². The molecule has 0 unspecified atom stereocenters. The zero-order valence-electron chi connectivity index (χ0n) is 12.7. The van der Waals surface area contributed by atoms with Crippen LogP contribution in [-0.2, 0) is 0 Å². The quantitative estimate of drug-likeness (QED) is 0.546. The summed E-state index contributed by atoms with van der Waals surface area (Å²) in [6, 6.07) is 12.0. The van der Waals surface area contributed by atoms with Gasteiger partial charge in [0.15, 0.2) is 0 Å². The molecule has 0 atom stereocenters. The average Bonchev–Trinajstić information content (AvgIpc) is 3.16. The van der Waals surface area contributed by atoms with Crippen molar-refractivity contribution in [3.8, 4) is 11.7 Å². The molecule has 0 saturated heterocycles. The van der Waals surface area contributed by atoms with Crippen LogP contribution in [0.5, 0.6) is 5.88 Å². The summed E-state index contributed by atoms with van der Waals surface area (Å²) >= 11 is 0. The van der Waals surface area contributed by atoms with Gasteiger partial charge in [-0.1, -0.05) is 29.4 Å². The van der Waals surface area contributed by atoms with E-state index in [1.54, 1.807) is 48.7 Å². The molecule has 0 radical (unpaired) electrons. The molecule has 0 aliphatic rings. The molecule has 0 aliphatic carbocycles. The molecule has 0 spiro atoms. The van der Waals surface area contributed by atoms with Crippen LogP contribution in [0.25, 0.3) is 16.6 Å². The van der Waals surface area contributed by atoms with E-state index in [9.17, 15) is 9.90 Å². The highest BCUT2D eigenvalue weighted by molar-refractivity contribution is 6.02. The number of hydrogen-bond acceptors (Lipinski definition) is 7. The highest BCUT2D eigenvalue weighted by Crippen LogP contribution is 2.25. The zero-order valence-corrected chi connectivity index (χ0v) is 12.7. The summed E-state index contributed by atoms with van der Waals surface area (Å²) in [7, 11) is 0. The molecule has 0 saturated carbocycles. The molecule has 1 aromatic carbocycles. The smallest absolute Gasteiger partial charge is 0.288 e. The van der Waals surface area contributed by atoms with E-state index in [4.69, 9.17) is 0 Å². The first kappa shape index (κ1) is 14.7. The molecule has 0 fully saturated rings. The van der Waals surface area contributed by atoms with Crippen LogP contribution in [0, 0.1) is 0 Å². The van der Waals surface area contributed by atoms with Crippen molar-refractivity contribution >= 4 is 22.9 Å². The summed E-state index contributed by atoms with van der Waals surface area (Å²) in [4.78, 5) is 21.0. The standard InChI is InChI=1S/C16H11N7O2/c24-14-11-6-2-1-5-10(11)12(9-18-16-19-21-22-20-16)15(25)23(14)13-7-3-4-8-17-13/h1-9,25H,(H,19,20,21,22). The lowest BCUT2D eigenvalue weighted by Gasteiger charge is -2.12. The van der Waals surface area contributed by atoms with Crippen molar-refractivity contribution in [2.75, 3.05) is 0 Å². The fourth-order valence-corrected chi connectivity index (χ4v) is 2.52. The second-order valence-electron chi connectivity index (χ2n) is 5.08. The molecule has 0 amide bonds. The first-order chi connectivity index (χ1) is 12.3. The molecule has 122 valence electrons. The third-order valence-electron chi connectivity index (χ3n) is 3.63. The van der Waals surface area contributed by atoms with Gasteiger partial charge in [-0.3, -0.25) is 4.79 Å². The first-order valence-corrected chi connectivity index (χ1v) is 7.31. The van der Waals surface area contributed by atoms with Crippen LogP contribution in [-0.4, -0.2) is 41.5 Å². The van der Waals surface area contributed by atoms with E-state index >= 15 is 0 Å². The molecule has 0 bridgehead atoms. The van der Waals surface area contributed by atoms with E-state index in [0.29, 0.717) is 22.2 Å². The largest absolute Gasteiger partial charge is 0.494 e. The van der Waals surface area contributed by atoms with Gasteiger partial charge in [0.1, 0.15) is 5.82 Å². The Labute approximate surface area is 140 Å². The Balaban J connectivity index is 2.03. The lowest BCUT2D eigenvalue weighted by atomic mass is 10.1. The van der Waals surface area contributed by atoms with E-state index in [-0.39, 0.29) is 17.4 Å². The van der Waals surface area contributed by atoms with Gasteiger partial charge in [-0.05, 0) is 23.4 Å². The first-order valence-electron chi connectivity index (χ1n) is 7.31. The number of H-pyrrole nitrogens is 1. The number of rotatable bonds is 3. The molecule has 3 aromatic heterocycles. The van der Waals surface area contributed by atoms with Crippen LogP contribution >= 0.6 is 0 Å². The van der Waals surface area contributed by atoms with E-state index in [1.807, 2.05) is 0 Å². The Kier molecular flexibility index (Phi) is 3.51. The number of aromatic nitrogens is 6. The van der Waals surface area contributed by atoms with E-state index < -0.39 is 0 Å². The number of fused-ring (bicyclic) bond motifs is 1. The molecule has 9 heteroatoms. The van der Waals surface area contributed by atoms with E-state index in [0.717, 1.165) is 4.57 Å². The fourth-order valence-electron chi connectivity index (χ4n) is 2.52. The van der Waals surface area contributed by atoms with Crippen molar-refractivity contribution in [3.63, 3.8) is 0 Å². The summed E-state index contributed by atoms with van der Waals surface area (Å²) in [5.41, 5.74) is -0.0193. The van der Waals surface area contributed by atoms with Crippen molar-refractivity contribution in [3.05, 3.63) is 64.6 Å². The SMILES string of the molecule is O=c1c2ccccc2c(C=Nc2nn[nH]n2)c(O)n1-c1ccccn1. The van der Waals surface area contributed by atoms with Gasteiger partial charge in [0.2, 0.25) is 5.88 Å². The zero-order chi connectivity index (χ0) is 17.2. The maximum absolute atomic E-state index is 12.8. The molecule has 4 rings (SSSR count). The number of pyridine rings is 2. The van der Waals surface area contributed by atoms with Crippen LogP contribution in [0.4, 0.5) is 5.95 Å². The van der Waals surface area contributed by atoms with Crippen molar-refractivity contribution in [2.45, 2.75) is 0 Å². The number of nitrogens with one attached hydrogen (secondary N) is 1. The highest BCUT2D eigenvalue weighted by Gasteiger charge is 2.16. The molecule has 9 nitrogen and oxygen atoms in total. The number of nitrogens with zero attached hydrogens (tertiary/aromatic N) is 6. The Morgan fingerprint density at radius 1 is 1.12 bits per heavy atom. The minimum absolute atomic E-state index is 0.110. The van der Waals surface area contributed by atoms with Crippen LogP contribution in [0.2, 0.25) is 0 Å². The minimum atomic E-state index is -0.372.